The summed E-state index contributed by atoms with van der Waals surface area (Å²) in [6.45, 7) is 2.02. The van der Waals surface area contributed by atoms with E-state index in [1.165, 1.54) is 22.7 Å². The van der Waals surface area contributed by atoms with Crippen LogP contribution in [0.3, 0.4) is 0 Å². The second kappa shape index (κ2) is 6.93. The summed E-state index contributed by atoms with van der Waals surface area (Å²) in [4.78, 5) is 0.909. The summed E-state index contributed by atoms with van der Waals surface area (Å²) in [7, 11) is 0. The second-order valence-electron chi connectivity index (χ2n) is 5.40. The minimum atomic E-state index is -0.460. The lowest BCUT2D eigenvalue weighted by Gasteiger charge is -2.22. The quantitative estimate of drug-likeness (QED) is 0.779. The Morgan fingerprint density at radius 2 is 1.96 bits per heavy atom. The van der Waals surface area contributed by atoms with Crippen LogP contribution in [0, 0.1) is 11.6 Å². The lowest BCUT2D eigenvalue weighted by Crippen LogP contribution is -2.32. The average Bonchev–Trinajstić information content (AvgIpc) is 2.93. The standard InChI is InChI=1S/C17H16F2N2S2/c1-17(9-10-22-13-5-3-2-4-6-13)21-20-16(23-17)14-11-12(18)7-8-15(14)19/h2-8,11,21H,9-10H2,1H3. The van der Waals surface area contributed by atoms with Gasteiger partial charge in [-0.1, -0.05) is 30.0 Å². The minimum absolute atomic E-state index is 0.210. The molecule has 0 aliphatic carbocycles. The van der Waals surface area contributed by atoms with E-state index in [4.69, 9.17) is 0 Å². The van der Waals surface area contributed by atoms with Gasteiger partial charge in [-0.3, -0.25) is 5.43 Å². The molecule has 6 heteroatoms. The number of hydrogen-bond donors (Lipinski definition) is 1. The van der Waals surface area contributed by atoms with Gasteiger partial charge in [-0.2, -0.15) is 5.10 Å². The highest BCUT2D eigenvalue weighted by molar-refractivity contribution is 8.15. The molecule has 1 atom stereocenters. The molecule has 0 aromatic heterocycles. The molecule has 0 radical (unpaired) electrons. The van der Waals surface area contributed by atoms with Crippen LogP contribution in [0.1, 0.15) is 18.9 Å². The minimum Gasteiger partial charge on any atom is -0.293 e. The summed E-state index contributed by atoms with van der Waals surface area (Å²) in [5.74, 6) is -0.00474. The van der Waals surface area contributed by atoms with Crippen LogP contribution in [0.4, 0.5) is 8.78 Å². The van der Waals surface area contributed by atoms with E-state index in [1.54, 1.807) is 11.8 Å². The van der Waals surface area contributed by atoms with Gasteiger partial charge in [0.15, 0.2) is 0 Å². The molecule has 2 nitrogen and oxygen atoms in total. The Morgan fingerprint density at radius 3 is 2.74 bits per heavy atom. The summed E-state index contributed by atoms with van der Waals surface area (Å²) >= 11 is 3.21. The van der Waals surface area contributed by atoms with E-state index in [2.05, 4.69) is 22.7 Å². The molecule has 0 saturated heterocycles. The van der Waals surface area contributed by atoms with Crippen molar-refractivity contribution < 1.29 is 8.78 Å². The Labute approximate surface area is 142 Å². The first kappa shape index (κ1) is 16.3. The number of rotatable bonds is 5. The smallest absolute Gasteiger partial charge is 0.133 e. The molecule has 120 valence electrons. The van der Waals surface area contributed by atoms with Crippen LogP contribution >= 0.6 is 23.5 Å². The highest BCUT2D eigenvalue weighted by atomic mass is 32.2. The maximum Gasteiger partial charge on any atom is 0.133 e. The van der Waals surface area contributed by atoms with E-state index in [-0.39, 0.29) is 10.4 Å². The average molecular weight is 350 g/mol. The van der Waals surface area contributed by atoms with Crippen molar-refractivity contribution in [3.63, 3.8) is 0 Å². The monoisotopic (exact) mass is 350 g/mol. The fourth-order valence-electron chi connectivity index (χ4n) is 2.19. The lowest BCUT2D eigenvalue weighted by atomic mass is 10.2. The molecule has 2 aromatic carbocycles. The molecule has 0 bridgehead atoms. The molecule has 23 heavy (non-hydrogen) atoms. The Balaban J connectivity index is 1.60. The van der Waals surface area contributed by atoms with Crippen molar-refractivity contribution in [1.29, 1.82) is 0 Å². The Hall–Kier alpha value is -1.53. The first-order chi connectivity index (χ1) is 11.1. The van der Waals surface area contributed by atoms with Crippen LogP contribution in [-0.2, 0) is 0 Å². The normalized spacial score (nSPS) is 20.2. The SMILES string of the molecule is CC1(CCSc2ccccc2)NN=C(c2cc(F)ccc2F)S1. The van der Waals surface area contributed by atoms with Crippen molar-refractivity contribution in [3.05, 3.63) is 65.7 Å². The molecule has 2 aromatic rings. The number of hydrazone groups is 1. The maximum atomic E-state index is 13.9. The topological polar surface area (TPSA) is 24.4 Å². The Kier molecular flexibility index (Phi) is 4.92. The number of nitrogens with one attached hydrogen (secondary N) is 1. The number of benzene rings is 2. The van der Waals surface area contributed by atoms with Gasteiger partial charge in [-0.25, -0.2) is 8.78 Å². The molecule has 1 heterocycles. The fourth-order valence-corrected chi connectivity index (χ4v) is 4.50. The summed E-state index contributed by atoms with van der Waals surface area (Å²) in [5, 5.41) is 4.70. The van der Waals surface area contributed by atoms with Crippen molar-refractivity contribution >= 4 is 28.6 Å². The van der Waals surface area contributed by atoms with Crippen molar-refractivity contribution in [2.75, 3.05) is 5.75 Å². The molecule has 1 aliphatic rings. The zero-order chi connectivity index (χ0) is 16.3. The fraction of sp³-hybridized carbons (Fsp3) is 0.235. The highest BCUT2D eigenvalue weighted by Crippen LogP contribution is 2.36. The van der Waals surface area contributed by atoms with Crippen molar-refractivity contribution in [1.82, 2.24) is 5.43 Å². The second-order valence-corrected chi connectivity index (χ2v) is 8.06. The van der Waals surface area contributed by atoms with E-state index in [0.29, 0.717) is 5.04 Å². The third kappa shape index (κ3) is 4.06. The van der Waals surface area contributed by atoms with E-state index in [1.807, 2.05) is 25.1 Å². The molecular formula is C17H16F2N2S2. The largest absolute Gasteiger partial charge is 0.293 e. The van der Waals surface area contributed by atoms with Gasteiger partial charge in [0, 0.05) is 16.2 Å². The predicted octanol–water partition coefficient (Wildman–Crippen LogP) is 4.86. The summed E-state index contributed by atoms with van der Waals surface area (Å²) in [6, 6.07) is 13.6. The van der Waals surface area contributed by atoms with Crippen LogP contribution in [-0.4, -0.2) is 15.7 Å². The molecule has 0 amide bonds. The van der Waals surface area contributed by atoms with E-state index in [9.17, 15) is 8.78 Å². The summed E-state index contributed by atoms with van der Waals surface area (Å²) in [5.41, 5.74) is 3.27. The van der Waals surface area contributed by atoms with Crippen molar-refractivity contribution in [2.45, 2.75) is 23.1 Å². The predicted molar refractivity (Wildman–Crippen MR) is 93.8 cm³/mol. The van der Waals surface area contributed by atoms with Gasteiger partial charge in [0.1, 0.15) is 21.5 Å². The molecular weight excluding hydrogens is 334 g/mol. The van der Waals surface area contributed by atoms with Gasteiger partial charge in [0.2, 0.25) is 0 Å². The van der Waals surface area contributed by atoms with Gasteiger partial charge in [-0.15, -0.1) is 11.8 Å². The van der Waals surface area contributed by atoms with E-state index in [0.717, 1.165) is 24.3 Å². The van der Waals surface area contributed by atoms with Crippen LogP contribution in [0.25, 0.3) is 0 Å². The van der Waals surface area contributed by atoms with Gasteiger partial charge in [0.25, 0.3) is 0 Å². The third-order valence-electron chi connectivity index (χ3n) is 3.47. The molecule has 1 aliphatic heterocycles. The highest BCUT2D eigenvalue weighted by Gasteiger charge is 2.33. The Morgan fingerprint density at radius 1 is 1.17 bits per heavy atom. The molecule has 1 N–H and O–H groups in total. The van der Waals surface area contributed by atoms with Crippen molar-refractivity contribution in [3.8, 4) is 0 Å². The number of thioether (sulfide) groups is 2. The summed E-state index contributed by atoms with van der Waals surface area (Å²) in [6.07, 6.45) is 0.848. The van der Waals surface area contributed by atoms with Crippen LogP contribution < -0.4 is 5.43 Å². The third-order valence-corrected chi connectivity index (χ3v) is 5.73. The zero-order valence-electron chi connectivity index (χ0n) is 12.6. The lowest BCUT2D eigenvalue weighted by molar-refractivity contribution is 0.522. The van der Waals surface area contributed by atoms with Crippen LogP contribution in [0.15, 0.2) is 58.5 Å². The Bertz CT molecular complexity index is 722. The molecule has 0 saturated carbocycles. The summed E-state index contributed by atoms with van der Waals surface area (Å²) < 4.78 is 27.2. The molecule has 0 spiro atoms. The van der Waals surface area contributed by atoms with Gasteiger partial charge in [0.05, 0.1) is 0 Å². The molecule has 0 fully saturated rings. The van der Waals surface area contributed by atoms with Gasteiger partial charge in [-0.05, 0) is 43.7 Å². The zero-order valence-corrected chi connectivity index (χ0v) is 14.2. The maximum absolute atomic E-state index is 13.9. The number of halogens is 2. The van der Waals surface area contributed by atoms with E-state index < -0.39 is 11.6 Å². The van der Waals surface area contributed by atoms with E-state index >= 15 is 0 Å². The van der Waals surface area contributed by atoms with Gasteiger partial charge >= 0.3 is 0 Å². The number of nitrogens with zero attached hydrogens (tertiary/aromatic N) is 1. The molecule has 3 rings (SSSR count). The first-order valence-electron chi connectivity index (χ1n) is 7.23. The molecule has 1 unspecified atom stereocenters. The van der Waals surface area contributed by atoms with Crippen LogP contribution in [0.5, 0.6) is 0 Å². The van der Waals surface area contributed by atoms with Gasteiger partial charge < -0.3 is 0 Å². The number of hydrogen-bond acceptors (Lipinski definition) is 4. The first-order valence-corrected chi connectivity index (χ1v) is 9.03. The van der Waals surface area contributed by atoms with Crippen molar-refractivity contribution in [2.24, 2.45) is 5.10 Å². The van der Waals surface area contributed by atoms with Crippen LogP contribution in [0.2, 0.25) is 0 Å².